The van der Waals surface area contributed by atoms with Crippen LogP contribution in [0.15, 0.2) is 23.4 Å². The Kier molecular flexibility index (Phi) is 3.68. The van der Waals surface area contributed by atoms with Gasteiger partial charge in [0.2, 0.25) is 10.0 Å². The number of nitrogens with two attached hydrogens (primary N) is 1. The SMILES string of the molecule is CN(Cc1ncn[nH]1)S(=O)(=O)c1cc(N)c(F)cc1F. The minimum atomic E-state index is -4.16. The third-order valence-corrected chi connectivity index (χ3v) is 4.40. The Morgan fingerprint density at radius 3 is 2.65 bits per heavy atom. The normalized spacial score (nSPS) is 12.0. The third-order valence-electron chi connectivity index (χ3n) is 2.58. The van der Waals surface area contributed by atoms with Crippen LogP contribution in [0.25, 0.3) is 0 Å². The predicted octanol–water partition coefficient (Wildman–Crippen LogP) is 0.486. The molecule has 0 saturated carbocycles. The maximum absolute atomic E-state index is 13.6. The molecule has 0 atom stereocenters. The van der Waals surface area contributed by atoms with Gasteiger partial charge in [0, 0.05) is 13.1 Å². The van der Waals surface area contributed by atoms with E-state index in [9.17, 15) is 17.2 Å². The lowest BCUT2D eigenvalue weighted by Crippen LogP contribution is -2.28. The summed E-state index contributed by atoms with van der Waals surface area (Å²) < 4.78 is 51.9. The van der Waals surface area contributed by atoms with Gasteiger partial charge in [0.05, 0.1) is 12.2 Å². The van der Waals surface area contributed by atoms with Crippen LogP contribution in [0.3, 0.4) is 0 Å². The zero-order valence-corrected chi connectivity index (χ0v) is 11.2. The molecule has 0 bridgehead atoms. The van der Waals surface area contributed by atoms with E-state index in [-0.39, 0.29) is 12.4 Å². The van der Waals surface area contributed by atoms with Gasteiger partial charge in [-0.2, -0.15) is 9.40 Å². The Labute approximate surface area is 113 Å². The first-order chi connectivity index (χ1) is 9.32. The summed E-state index contributed by atoms with van der Waals surface area (Å²) in [7, 11) is -2.93. The van der Waals surface area contributed by atoms with Crippen molar-refractivity contribution in [2.75, 3.05) is 12.8 Å². The number of nitrogen functional groups attached to an aromatic ring is 1. The molecule has 0 amide bonds. The van der Waals surface area contributed by atoms with Crippen molar-refractivity contribution in [1.82, 2.24) is 19.5 Å². The third kappa shape index (κ3) is 2.60. The average molecular weight is 303 g/mol. The van der Waals surface area contributed by atoms with E-state index in [1.165, 1.54) is 13.4 Å². The second-order valence-electron chi connectivity index (χ2n) is 4.00. The molecule has 1 aromatic carbocycles. The van der Waals surface area contributed by atoms with E-state index >= 15 is 0 Å². The van der Waals surface area contributed by atoms with Crippen molar-refractivity contribution in [3.63, 3.8) is 0 Å². The Morgan fingerprint density at radius 1 is 1.35 bits per heavy atom. The maximum Gasteiger partial charge on any atom is 0.246 e. The molecule has 2 aromatic rings. The van der Waals surface area contributed by atoms with Gasteiger partial charge in [-0.15, -0.1) is 0 Å². The monoisotopic (exact) mass is 303 g/mol. The Hall–Kier alpha value is -2.07. The number of halogens is 2. The van der Waals surface area contributed by atoms with Crippen molar-refractivity contribution >= 4 is 15.7 Å². The van der Waals surface area contributed by atoms with Crippen molar-refractivity contribution in [1.29, 1.82) is 0 Å². The minimum absolute atomic E-state index is 0.140. The number of benzene rings is 1. The summed E-state index contributed by atoms with van der Waals surface area (Å²) in [5.41, 5.74) is 4.82. The number of aromatic amines is 1. The summed E-state index contributed by atoms with van der Waals surface area (Å²) in [6, 6.07) is 1.18. The van der Waals surface area contributed by atoms with E-state index in [4.69, 9.17) is 5.73 Å². The van der Waals surface area contributed by atoms with Crippen molar-refractivity contribution in [3.8, 4) is 0 Å². The largest absolute Gasteiger partial charge is 0.396 e. The van der Waals surface area contributed by atoms with E-state index in [0.717, 1.165) is 10.4 Å². The van der Waals surface area contributed by atoms with Gasteiger partial charge < -0.3 is 5.73 Å². The first-order valence-corrected chi connectivity index (χ1v) is 6.81. The number of H-pyrrole nitrogens is 1. The summed E-state index contributed by atoms with van der Waals surface area (Å²) in [6.07, 6.45) is 1.21. The highest BCUT2D eigenvalue weighted by atomic mass is 32.2. The zero-order valence-electron chi connectivity index (χ0n) is 10.3. The molecule has 0 saturated heterocycles. The molecule has 3 N–H and O–H groups in total. The molecule has 0 fully saturated rings. The lowest BCUT2D eigenvalue weighted by Gasteiger charge is -2.16. The molecule has 2 rings (SSSR count). The average Bonchev–Trinajstić information content (AvgIpc) is 2.86. The fourth-order valence-electron chi connectivity index (χ4n) is 1.51. The van der Waals surface area contributed by atoms with Crippen LogP contribution >= 0.6 is 0 Å². The number of anilines is 1. The van der Waals surface area contributed by atoms with Crippen LogP contribution in [0.1, 0.15) is 5.82 Å². The molecular weight excluding hydrogens is 292 g/mol. The highest BCUT2D eigenvalue weighted by molar-refractivity contribution is 7.89. The minimum Gasteiger partial charge on any atom is -0.396 e. The number of nitrogens with one attached hydrogen (secondary N) is 1. The predicted molar refractivity (Wildman–Crippen MR) is 65.8 cm³/mol. The van der Waals surface area contributed by atoms with Crippen LogP contribution in [0.2, 0.25) is 0 Å². The quantitative estimate of drug-likeness (QED) is 0.800. The molecule has 10 heteroatoms. The van der Waals surface area contributed by atoms with E-state index in [0.29, 0.717) is 6.07 Å². The molecule has 0 aliphatic heterocycles. The highest BCUT2D eigenvalue weighted by Crippen LogP contribution is 2.23. The summed E-state index contributed by atoms with van der Waals surface area (Å²) in [5.74, 6) is -1.94. The second-order valence-corrected chi connectivity index (χ2v) is 6.01. The first-order valence-electron chi connectivity index (χ1n) is 5.37. The standard InChI is InChI=1S/C10H11F2N5O2S/c1-17(4-10-14-5-15-16-10)20(18,19)9-3-8(13)6(11)2-7(9)12/h2-3,5H,4,13H2,1H3,(H,14,15,16). The molecule has 108 valence electrons. The number of aromatic nitrogens is 3. The molecule has 1 heterocycles. The zero-order chi connectivity index (χ0) is 14.9. The molecule has 7 nitrogen and oxygen atoms in total. The van der Waals surface area contributed by atoms with Gasteiger partial charge in [-0.25, -0.2) is 22.2 Å². The van der Waals surface area contributed by atoms with Crippen LogP contribution in [0.4, 0.5) is 14.5 Å². The van der Waals surface area contributed by atoms with Crippen LogP contribution in [0.5, 0.6) is 0 Å². The molecule has 20 heavy (non-hydrogen) atoms. The molecule has 0 aliphatic rings. The van der Waals surface area contributed by atoms with Gasteiger partial charge >= 0.3 is 0 Å². The number of nitrogens with zero attached hydrogens (tertiary/aromatic N) is 3. The number of rotatable bonds is 4. The molecule has 1 aromatic heterocycles. The summed E-state index contributed by atoms with van der Waals surface area (Å²) in [6.45, 7) is -0.140. The summed E-state index contributed by atoms with van der Waals surface area (Å²) in [4.78, 5) is 3.07. The van der Waals surface area contributed by atoms with Crippen molar-refractivity contribution in [2.45, 2.75) is 11.4 Å². The smallest absolute Gasteiger partial charge is 0.246 e. The second kappa shape index (κ2) is 5.13. The van der Waals surface area contributed by atoms with Crippen LogP contribution in [-0.2, 0) is 16.6 Å². The van der Waals surface area contributed by atoms with Crippen LogP contribution in [0, 0.1) is 11.6 Å². The summed E-state index contributed by atoms with van der Waals surface area (Å²) >= 11 is 0. The Bertz CT molecular complexity index is 717. The van der Waals surface area contributed by atoms with E-state index in [1.807, 2.05) is 0 Å². The Morgan fingerprint density at radius 2 is 2.05 bits per heavy atom. The van der Waals surface area contributed by atoms with Crippen LogP contribution < -0.4 is 5.73 Å². The van der Waals surface area contributed by atoms with E-state index in [2.05, 4.69) is 15.2 Å². The van der Waals surface area contributed by atoms with Gasteiger partial charge in [0.25, 0.3) is 0 Å². The fraction of sp³-hybridized carbons (Fsp3) is 0.200. The molecule has 0 unspecified atom stereocenters. The van der Waals surface area contributed by atoms with Crippen molar-refractivity contribution in [2.24, 2.45) is 0 Å². The number of hydrogen-bond acceptors (Lipinski definition) is 5. The lowest BCUT2D eigenvalue weighted by molar-refractivity contribution is 0.450. The van der Waals surface area contributed by atoms with Crippen molar-refractivity contribution in [3.05, 3.63) is 35.9 Å². The van der Waals surface area contributed by atoms with Gasteiger partial charge in [-0.1, -0.05) is 0 Å². The molecular formula is C10H11F2N5O2S. The maximum atomic E-state index is 13.6. The van der Waals surface area contributed by atoms with Gasteiger partial charge in [0.15, 0.2) is 0 Å². The number of sulfonamides is 1. The molecule has 0 radical (unpaired) electrons. The van der Waals surface area contributed by atoms with Gasteiger partial charge in [-0.05, 0) is 6.07 Å². The van der Waals surface area contributed by atoms with Crippen molar-refractivity contribution < 1.29 is 17.2 Å². The van der Waals surface area contributed by atoms with E-state index in [1.54, 1.807) is 0 Å². The lowest BCUT2D eigenvalue weighted by atomic mass is 10.3. The molecule has 0 spiro atoms. The first kappa shape index (κ1) is 14.3. The topological polar surface area (TPSA) is 105 Å². The molecule has 0 aliphatic carbocycles. The van der Waals surface area contributed by atoms with Crippen LogP contribution in [-0.4, -0.2) is 35.0 Å². The van der Waals surface area contributed by atoms with Gasteiger partial charge in [-0.3, -0.25) is 5.10 Å². The summed E-state index contributed by atoms with van der Waals surface area (Å²) in [5, 5.41) is 6.05. The van der Waals surface area contributed by atoms with Gasteiger partial charge in [0.1, 0.15) is 28.7 Å². The Balaban J connectivity index is 2.37. The van der Waals surface area contributed by atoms with E-state index < -0.39 is 32.2 Å². The highest BCUT2D eigenvalue weighted by Gasteiger charge is 2.26. The number of hydrogen-bond donors (Lipinski definition) is 2. The fourth-order valence-corrected chi connectivity index (χ4v) is 2.72.